The van der Waals surface area contributed by atoms with Crippen molar-refractivity contribution in [3.63, 3.8) is 0 Å². The molecule has 0 spiro atoms. The third-order valence-electron chi connectivity index (χ3n) is 9.62. The number of allylic oxidation sites excluding steroid dienone is 1. The van der Waals surface area contributed by atoms with Gasteiger partial charge in [-0.3, -0.25) is 24.0 Å². The van der Waals surface area contributed by atoms with Crippen LogP contribution in [0.1, 0.15) is 70.4 Å². The highest BCUT2D eigenvalue weighted by molar-refractivity contribution is 7.91. The van der Waals surface area contributed by atoms with E-state index in [0.29, 0.717) is 24.0 Å². The van der Waals surface area contributed by atoms with Crippen LogP contribution in [0.5, 0.6) is 0 Å². The number of fused-ring (bicyclic) bond motifs is 1. The average molecular weight is 776 g/mol. The van der Waals surface area contributed by atoms with Crippen LogP contribution in [-0.4, -0.2) is 102 Å². The van der Waals surface area contributed by atoms with E-state index in [4.69, 9.17) is 9.47 Å². The van der Waals surface area contributed by atoms with Gasteiger partial charge in [-0.05, 0) is 64.5 Å². The van der Waals surface area contributed by atoms with Crippen molar-refractivity contribution in [3.8, 4) is 0 Å². The van der Waals surface area contributed by atoms with Gasteiger partial charge in [0.1, 0.15) is 35.1 Å². The van der Waals surface area contributed by atoms with Gasteiger partial charge in [0.2, 0.25) is 21.8 Å². The number of ether oxygens (including phenoxy) is 3. The van der Waals surface area contributed by atoms with Crippen LogP contribution in [0.2, 0.25) is 0 Å². The van der Waals surface area contributed by atoms with Crippen LogP contribution >= 0.6 is 0 Å². The second-order valence-electron chi connectivity index (χ2n) is 14.9. The number of nitrogens with zero attached hydrogens (tertiary/aromatic N) is 2. The molecule has 3 N–H and O–H groups in total. The number of esters is 1. The monoisotopic (exact) mass is 775 g/mol. The first-order valence-electron chi connectivity index (χ1n) is 17.6. The maximum absolute atomic E-state index is 14.4. The molecule has 18 heteroatoms. The Bertz CT molecular complexity index is 1840. The fourth-order valence-corrected chi connectivity index (χ4v) is 7.90. The zero-order valence-electron chi connectivity index (χ0n) is 30.6. The summed E-state index contributed by atoms with van der Waals surface area (Å²) in [5.41, 5.74) is -1.63. The highest BCUT2D eigenvalue weighted by Gasteiger charge is 2.62. The predicted molar refractivity (Wildman–Crippen MR) is 189 cm³/mol. The summed E-state index contributed by atoms with van der Waals surface area (Å²) in [5.74, 6) is -4.24. The summed E-state index contributed by atoms with van der Waals surface area (Å²) < 4.78 is 57.5. The lowest BCUT2D eigenvalue weighted by molar-refractivity contribution is -0.141. The summed E-state index contributed by atoms with van der Waals surface area (Å²) in [6.07, 6.45) is 1.91. The predicted octanol–water partition coefficient (Wildman–Crippen LogP) is 2.32. The number of sulfonamides is 1. The molecule has 4 aliphatic rings. The van der Waals surface area contributed by atoms with Crippen molar-refractivity contribution >= 4 is 45.9 Å². The summed E-state index contributed by atoms with van der Waals surface area (Å²) in [7, 11) is -2.77. The first kappa shape index (κ1) is 40.2. The van der Waals surface area contributed by atoms with Crippen LogP contribution < -0.4 is 15.4 Å². The minimum Gasteiger partial charge on any atom is -0.466 e. The van der Waals surface area contributed by atoms with E-state index < -0.39 is 92.2 Å². The van der Waals surface area contributed by atoms with Crippen LogP contribution in [0.15, 0.2) is 43.0 Å². The molecule has 3 fully saturated rings. The number of hydrogen-bond acceptors (Lipinski definition) is 11. The second-order valence-corrected chi connectivity index (χ2v) is 16.8. The van der Waals surface area contributed by atoms with Crippen LogP contribution in [-0.2, 0) is 56.5 Å². The number of hydrogen-bond donors (Lipinski definition) is 3. The van der Waals surface area contributed by atoms with Crippen LogP contribution in [0.4, 0.5) is 14.0 Å². The number of methoxy groups -OCH3 is 1. The molecule has 0 aromatic heterocycles. The quantitative estimate of drug-likeness (QED) is 0.115. The molecular formula is C36H46FN5O11S. The van der Waals surface area contributed by atoms with Crippen molar-refractivity contribution in [2.24, 2.45) is 5.92 Å². The SMILES string of the molecule is C=CC1CC1(NC(=O)C1CC(OC(=O)N2Cc3cccc(F)c3C2)CN1C(=O)C(CCC=CC(=O)OC)NC(=O)OC(C)(C)C)C(=O)NS(=O)(=O)C1CC1. The standard InChI is InChI=1S/C36H46FN5O11S/c1-6-22-17-36(22,32(46)40-54(49,50)24-14-15-24)39-30(44)28-16-23(52-34(48)41-18-21-10-9-11-26(37)25(21)20-41)19-42(28)31(45)27(12-7-8-13-29(43)51-5)38-33(47)53-35(2,3)4/h6,8-11,13,22-24,27-28H,1,7,12,14-20H2,2-5H3,(H,38,47)(H,39,44)(H,40,46). The van der Waals surface area contributed by atoms with Gasteiger partial charge in [0.15, 0.2) is 0 Å². The molecule has 5 amide bonds. The lowest BCUT2D eigenvalue weighted by atomic mass is 10.1. The van der Waals surface area contributed by atoms with Gasteiger partial charge in [-0.15, -0.1) is 6.58 Å². The van der Waals surface area contributed by atoms with Crippen molar-refractivity contribution in [2.75, 3.05) is 13.7 Å². The van der Waals surface area contributed by atoms with Crippen molar-refractivity contribution in [1.29, 1.82) is 0 Å². The zero-order chi connectivity index (χ0) is 39.6. The molecule has 2 aliphatic carbocycles. The molecule has 5 atom stereocenters. The van der Waals surface area contributed by atoms with E-state index in [0.717, 1.165) is 11.0 Å². The van der Waals surface area contributed by atoms with E-state index in [1.165, 1.54) is 36.3 Å². The Morgan fingerprint density at radius 3 is 2.46 bits per heavy atom. The first-order chi connectivity index (χ1) is 25.4. The minimum atomic E-state index is -3.97. The first-order valence-corrected chi connectivity index (χ1v) is 19.2. The number of benzene rings is 1. The van der Waals surface area contributed by atoms with Gasteiger partial charge in [0.05, 0.1) is 25.4 Å². The fourth-order valence-electron chi connectivity index (χ4n) is 6.54. The molecule has 1 aromatic carbocycles. The third kappa shape index (κ3) is 9.37. The summed E-state index contributed by atoms with van der Waals surface area (Å²) >= 11 is 0. The smallest absolute Gasteiger partial charge is 0.410 e. The Balaban J connectivity index is 1.38. The average Bonchev–Trinajstić information content (AvgIpc) is 3.99. The Morgan fingerprint density at radius 1 is 1.13 bits per heavy atom. The van der Waals surface area contributed by atoms with E-state index in [-0.39, 0.29) is 45.3 Å². The van der Waals surface area contributed by atoms with Gasteiger partial charge in [-0.1, -0.05) is 24.3 Å². The van der Waals surface area contributed by atoms with Crippen molar-refractivity contribution < 1.29 is 55.8 Å². The summed E-state index contributed by atoms with van der Waals surface area (Å²) in [4.78, 5) is 82.1. The lowest BCUT2D eigenvalue weighted by Crippen LogP contribution is -2.58. The van der Waals surface area contributed by atoms with E-state index in [1.54, 1.807) is 26.8 Å². The maximum atomic E-state index is 14.4. The van der Waals surface area contributed by atoms with Gasteiger partial charge in [0, 0.05) is 30.5 Å². The summed E-state index contributed by atoms with van der Waals surface area (Å²) in [6.45, 7) is 8.32. The Kier molecular flexibility index (Phi) is 11.7. The molecule has 2 heterocycles. The van der Waals surface area contributed by atoms with Gasteiger partial charge >= 0.3 is 18.2 Å². The lowest BCUT2D eigenvalue weighted by Gasteiger charge is -2.30. The molecule has 0 bridgehead atoms. The van der Waals surface area contributed by atoms with Crippen LogP contribution in [0.3, 0.4) is 0 Å². The highest BCUT2D eigenvalue weighted by atomic mass is 32.2. The molecular weight excluding hydrogens is 729 g/mol. The van der Waals surface area contributed by atoms with Gasteiger partial charge in [-0.2, -0.15) is 0 Å². The molecule has 5 unspecified atom stereocenters. The van der Waals surface area contributed by atoms with Crippen LogP contribution in [0.25, 0.3) is 0 Å². The van der Waals surface area contributed by atoms with Gasteiger partial charge in [-0.25, -0.2) is 27.2 Å². The van der Waals surface area contributed by atoms with Crippen LogP contribution in [0, 0.1) is 11.7 Å². The zero-order valence-corrected chi connectivity index (χ0v) is 31.4. The number of carbonyl (C=O) groups excluding carboxylic acids is 6. The normalized spacial score (nSPS) is 23.9. The third-order valence-corrected chi connectivity index (χ3v) is 11.4. The van der Waals surface area contributed by atoms with Crippen molar-refractivity contribution in [2.45, 2.75) is 107 Å². The summed E-state index contributed by atoms with van der Waals surface area (Å²) in [6, 6.07) is 1.86. The number of amides is 5. The number of halogens is 1. The molecule has 54 heavy (non-hydrogen) atoms. The highest BCUT2D eigenvalue weighted by Crippen LogP contribution is 2.45. The van der Waals surface area contributed by atoms with E-state index >= 15 is 0 Å². The van der Waals surface area contributed by atoms with Crippen molar-refractivity contribution in [1.82, 2.24) is 25.2 Å². The van der Waals surface area contributed by atoms with Crippen molar-refractivity contribution in [3.05, 3.63) is 60.0 Å². The number of rotatable bonds is 13. The molecule has 0 radical (unpaired) electrons. The minimum absolute atomic E-state index is 0.0502. The van der Waals surface area contributed by atoms with E-state index in [2.05, 4.69) is 26.7 Å². The van der Waals surface area contributed by atoms with E-state index in [9.17, 15) is 41.6 Å². The Morgan fingerprint density at radius 2 is 1.85 bits per heavy atom. The topological polar surface area (TPSA) is 207 Å². The summed E-state index contributed by atoms with van der Waals surface area (Å²) in [5, 5.41) is 4.49. The number of likely N-dealkylation sites (tertiary alicyclic amines) is 1. The largest absolute Gasteiger partial charge is 0.466 e. The molecule has 5 rings (SSSR count). The maximum Gasteiger partial charge on any atom is 0.410 e. The van der Waals surface area contributed by atoms with Gasteiger partial charge in [0.25, 0.3) is 5.91 Å². The van der Waals surface area contributed by atoms with E-state index in [1.807, 2.05) is 0 Å². The Labute approximate surface area is 312 Å². The molecule has 2 aliphatic heterocycles. The van der Waals surface area contributed by atoms with Gasteiger partial charge < -0.3 is 29.7 Å². The molecule has 2 saturated carbocycles. The number of alkyl carbamates (subject to hydrolysis) is 1. The Hall–Kier alpha value is -5.00. The molecule has 1 aromatic rings. The number of carbonyl (C=O) groups is 6. The molecule has 294 valence electrons. The second kappa shape index (κ2) is 15.8. The fraction of sp³-hybridized carbons (Fsp3) is 0.556. The number of nitrogens with one attached hydrogen (secondary N) is 3. The molecule has 16 nitrogen and oxygen atoms in total. The molecule has 1 saturated heterocycles.